The normalized spacial score (nSPS) is 10.0. The maximum absolute atomic E-state index is 11.2. The Morgan fingerprint density at radius 3 is 2.50 bits per heavy atom. The number of rotatable bonds is 3. The SMILES string of the molecule is C=C(C)C(=O)OCc1ccc(Br)c(Br)c1Br. The Bertz CT molecular complexity index is 441. The van der Waals surface area contributed by atoms with Gasteiger partial charge in [0.05, 0.1) is 0 Å². The van der Waals surface area contributed by atoms with Crippen molar-refractivity contribution in [2.75, 3.05) is 0 Å². The Balaban J connectivity index is 2.79. The molecular weight excluding hydrogens is 404 g/mol. The largest absolute Gasteiger partial charge is 0.457 e. The van der Waals surface area contributed by atoms with Crippen LogP contribution >= 0.6 is 47.8 Å². The van der Waals surface area contributed by atoms with Crippen molar-refractivity contribution in [1.29, 1.82) is 0 Å². The van der Waals surface area contributed by atoms with Crippen molar-refractivity contribution in [2.45, 2.75) is 13.5 Å². The van der Waals surface area contributed by atoms with Gasteiger partial charge in [0.2, 0.25) is 0 Å². The number of halogens is 3. The highest BCUT2D eigenvalue weighted by molar-refractivity contribution is 9.14. The van der Waals surface area contributed by atoms with Gasteiger partial charge < -0.3 is 4.74 Å². The number of carbonyl (C=O) groups is 1. The second-order valence-corrected chi connectivity index (χ2v) is 5.63. The fourth-order valence-electron chi connectivity index (χ4n) is 0.944. The van der Waals surface area contributed by atoms with Gasteiger partial charge in [-0.15, -0.1) is 0 Å². The van der Waals surface area contributed by atoms with Crippen LogP contribution in [-0.4, -0.2) is 5.97 Å². The summed E-state index contributed by atoms with van der Waals surface area (Å²) in [5, 5.41) is 0. The number of ether oxygens (including phenoxy) is 1. The Morgan fingerprint density at radius 1 is 1.31 bits per heavy atom. The summed E-state index contributed by atoms with van der Waals surface area (Å²) in [6.07, 6.45) is 0. The number of benzene rings is 1. The molecule has 16 heavy (non-hydrogen) atoms. The van der Waals surface area contributed by atoms with Crippen LogP contribution in [0.2, 0.25) is 0 Å². The van der Waals surface area contributed by atoms with Crippen LogP contribution in [-0.2, 0) is 16.1 Å². The molecule has 0 saturated heterocycles. The summed E-state index contributed by atoms with van der Waals surface area (Å²) in [5.41, 5.74) is 1.29. The first-order valence-corrected chi connectivity index (χ1v) is 6.76. The summed E-state index contributed by atoms with van der Waals surface area (Å²) < 4.78 is 7.77. The third kappa shape index (κ3) is 3.43. The van der Waals surface area contributed by atoms with E-state index >= 15 is 0 Å². The van der Waals surface area contributed by atoms with E-state index in [2.05, 4.69) is 54.4 Å². The van der Waals surface area contributed by atoms with Gasteiger partial charge in [0.1, 0.15) is 6.61 Å². The lowest BCUT2D eigenvalue weighted by atomic mass is 10.2. The smallest absolute Gasteiger partial charge is 0.333 e. The van der Waals surface area contributed by atoms with E-state index in [9.17, 15) is 4.79 Å². The lowest BCUT2D eigenvalue weighted by Gasteiger charge is -2.08. The third-order valence-electron chi connectivity index (χ3n) is 1.82. The van der Waals surface area contributed by atoms with Gasteiger partial charge in [-0.05, 0) is 60.8 Å². The average molecular weight is 413 g/mol. The molecule has 0 aromatic heterocycles. The number of esters is 1. The van der Waals surface area contributed by atoms with Crippen LogP contribution in [0.1, 0.15) is 12.5 Å². The average Bonchev–Trinajstić information content (AvgIpc) is 2.24. The van der Waals surface area contributed by atoms with E-state index < -0.39 is 0 Å². The first-order chi connectivity index (χ1) is 7.43. The topological polar surface area (TPSA) is 26.3 Å². The molecule has 0 heterocycles. The zero-order chi connectivity index (χ0) is 12.3. The van der Waals surface area contributed by atoms with Gasteiger partial charge in [0.15, 0.2) is 0 Å². The fourth-order valence-corrected chi connectivity index (χ4v) is 2.39. The first-order valence-electron chi connectivity index (χ1n) is 4.38. The van der Waals surface area contributed by atoms with Crippen LogP contribution in [0.25, 0.3) is 0 Å². The molecule has 0 saturated carbocycles. The Kier molecular flexibility index (Phi) is 5.21. The van der Waals surface area contributed by atoms with Crippen molar-refractivity contribution in [2.24, 2.45) is 0 Å². The number of hydrogen-bond acceptors (Lipinski definition) is 2. The van der Waals surface area contributed by atoms with Gasteiger partial charge in [-0.3, -0.25) is 0 Å². The van der Waals surface area contributed by atoms with Crippen LogP contribution in [0, 0.1) is 0 Å². The van der Waals surface area contributed by atoms with Crippen LogP contribution in [0.3, 0.4) is 0 Å². The maximum atomic E-state index is 11.2. The zero-order valence-corrected chi connectivity index (χ0v) is 13.3. The van der Waals surface area contributed by atoms with Crippen LogP contribution in [0.5, 0.6) is 0 Å². The molecule has 2 nitrogen and oxygen atoms in total. The molecule has 0 unspecified atom stereocenters. The van der Waals surface area contributed by atoms with E-state index in [0.717, 1.165) is 19.0 Å². The predicted octanol–water partition coefficient (Wildman–Crippen LogP) is 4.59. The highest BCUT2D eigenvalue weighted by atomic mass is 79.9. The molecule has 0 fully saturated rings. The molecule has 0 radical (unpaired) electrons. The maximum Gasteiger partial charge on any atom is 0.333 e. The van der Waals surface area contributed by atoms with Gasteiger partial charge in [-0.2, -0.15) is 0 Å². The molecule has 0 N–H and O–H groups in total. The lowest BCUT2D eigenvalue weighted by Crippen LogP contribution is -2.05. The molecule has 0 aliphatic heterocycles. The Labute approximate surface area is 119 Å². The van der Waals surface area contributed by atoms with Gasteiger partial charge >= 0.3 is 5.97 Å². The molecule has 0 spiro atoms. The quantitative estimate of drug-likeness (QED) is 0.412. The molecule has 1 aromatic rings. The Morgan fingerprint density at radius 2 is 1.94 bits per heavy atom. The number of carbonyl (C=O) groups excluding carboxylic acids is 1. The highest BCUT2D eigenvalue weighted by Crippen LogP contribution is 2.33. The molecule has 0 aliphatic carbocycles. The summed E-state index contributed by atoms with van der Waals surface area (Å²) in [6.45, 7) is 5.36. The molecule has 0 atom stereocenters. The van der Waals surface area contributed by atoms with Crippen molar-refractivity contribution < 1.29 is 9.53 Å². The van der Waals surface area contributed by atoms with Crippen molar-refractivity contribution in [3.63, 3.8) is 0 Å². The summed E-state index contributed by atoms with van der Waals surface area (Å²) >= 11 is 10.2. The van der Waals surface area contributed by atoms with Crippen molar-refractivity contribution in [3.05, 3.63) is 43.3 Å². The molecule has 5 heteroatoms. The van der Waals surface area contributed by atoms with E-state index in [0.29, 0.717) is 5.57 Å². The van der Waals surface area contributed by atoms with E-state index in [-0.39, 0.29) is 12.6 Å². The molecule has 0 amide bonds. The van der Waals surface area contributed by atoms with Crippen LogP contribution in [0.15, 0.2) is 37.7 Å². The minimum Gasteiger partial charge on any atom is -0.457 e. The van der Waals surface area contributed by atoms with Crippen molar-refractivity contribution >= 4 is 53.8 Å². The zero-order valence-electron chi connectivity index (χ0n) is 8.52. The van der Waals surface area contributed by atoms with Crippen molar-refractivity contribution in [3.8, 4) is 0 Å². The minimum absolute atomic E-state index is 0.220. The molecule has 86 valence electrons. The molecule has 0 aliphatic rings. The summed E-state index contributed by atoms with van der Waals surface area (Å²) in [6, 6.07) is 3.77. The van der Waals surface area contributed by atoms with Crippen LogP contribution in [0.4, 0.5) is 0 Å². The molecule has 1 rings (SSSR count). The van der Waals surface area contributed by atoms with E-state index in [1.54, 1.807) is 6.92 Å². The number of hydrogen-bond donors (Lipinski definition) is 0. The second kappa shape index (κ2) is 5.98. The van der Waals surface area contributed by atoms with E-state index in [1.165, 1.54) is 0 Å². The van der Waals surface area contributed by atoms with E-state index in [1.807, 2.05) is 12.1 Å². The van der Waals surface area contributed by atoms with Gasteiger partial charge in [-0.1, -0.05) is 12.6 Å². The standard InChI is InChI=1S/C11H9Br3O2/c1-6(2)11(15)16-5-7-3-4-8(12)10(14)9(7)13/h3-4H,1,5H2,2H3. The molecule has 1 aromatic carbocycles. The molecule has 0 bridgehead atoms. The Hall–Kier alpha value is -0.130. The van der Waals surface area contributed by atoms with Gasteiger partial charge in [0.25, 0.3) is 0 Å². The predicted molar refractivity (Wildman–Crippen MR) is 74.2 cm³/mol. The third-order valence-corrected chi connectivity index (χ3v) is 5.28. The molecular formula is C11H9Br3O2. The van der Waals surface area contributed by atoms with Crippen molar-refractivity contribution in [1.82, 2.24) is 0 Å². The van der Waals surface area contributed by atoms with Crippen LogP contribution < -0.4 is 0 Å². The second-order valence-electron chi connectivity index (χ2n) is 3.19. The lowest BCUT2D eigenvalue weighted by molar-refractivity contribution is -0.140. The highest BCUT2D eigenvalue weighted by Gasteiger charge is 2.10. The minimum atomic E-state index is -0.383. The first kappa shape index (κ1) is 13.9. The van der Waals surface area contributed by atoms with Gasteiger partial charge in [-0.25, -0.2) is 4.79 Å². The fraction of sp³-hybridized carbons (Fsp3) is 0.182. The monoisotopic (exact) mass is 410 g/mol. The summed E-state index contributed by atoms with van der Waals surface area (Å²) in [5.74, 6) is -0.383. The van der Waals surface area contributed by atoms with Gasteiger partial charge in [0, 0.05) is 24.6 Å². The van der Waals surface area contributed by atoms with E-state index in [4.69, 9.17) is 4.74 Å². The summed E-state index contributed by atoms with van der Waals surface area (Å²) in [4.78, 5) is 11.2. The summed E-state index contributed by atoms with van der Waals surface area (Å²) in [7, 11) is 0.